The summed E-state index contributed by atoms with van der Waals surface area (Å²) in [5, 5.41) is 1.02. The third kappa shape index (κ3) is 3.71. The van der Waals surface area contributed by atoms with Crippen molar-refractivity contribution in [3.63, 3.8) is 0 Å². The third-order valence-corrected chi connectivity index (χ3v) is 5.21. The molecule has 1 N–H and O–H groups in total. The van der Waals surface area contributed by atoms with E-state index in [1.165, 1.54) is 11.1 Å². The van der Waals surface area contributed by atoms with Crippen LogP contribution in [-0.4, -0.2) is 53.3 Å². The zero-order chi connectivity index (χ0) is 17.9. The SMILES string of the molecule is Cc1cccc(CN2CCN(CC(=O)c3c[nH]c4ccccc34)CC2)c1. The summed E-state index contributed by atoms with van der Waals surface area (Å²) in [7, 11) is 0. The minimum Gasteiger partial charge on any atom is -0.360 e. The molecule has 0 radical (unpaired) electrons. The average Bonchev–Trinajstić information content (AvgIpc) is 3.08. The largest absolute Gasteiger partial charge is 0.360 e. The number of hydrogen-bond donors (Lipinski definition) is 1. The highest BCUT2D eigenvalue weighted by atomic mass is 16.1. The average molecular weight is 347 g/mol. The van der Waals surface area contributed by atoms with E-state index in [1.54, 1.807) is 0 Å². The molecule has 0 amide bonds. The predicted octanol–water partition coefficient (Wildman–Crippen LogP) is 3.48. The molecular formula is C22H25N3O. The lowest BCUT2D eigenvalue weighted by molar-refractivity contribution is 0.0845. The monoisotopic (exact) mass is 347 g/mol. The molecular weight excluding hydrogens is 322 g/mol. The molecule has 26 heavy (non-hydrogen) atoms. The number of aryl methyl sites for hydroxylation is 1. The molecule has 0 saturated carbocycles. The topological polar surface area (TPSA) is 39.3 Å². The number of H-pyrrole nitrogens is 1. The number of nitrogens with one attached hydrogen (secondary N) is 1. The lowest BCUT2D eigenvalue weighted by atomic mass is 10.1. The second-order valence-electron chi connectivity index (χ2n) is 7.21. The van der Waals surface area contributed by atoms with Crippen molar-refractivity contribution in [2.24, 2.45) is 0 Å². The van der Waals surface area contributed by atoms with E-state index in [9.17, 15) is 4.79 Å². The first-order chi connectivity index (χ1) is 12.7. The Labute approximate surface area is 154 Å². The van der Waals surface area contributed by atoms with E-state index in [0.717, 1.165) is 49.2 Å². The molecule has 2 aromatic carbocycles. The van der Waals surface area contributed by atoms with Crippen molar-refractivity contribution in [3.05, 3.63) is 71.4 Å². The quantitative estimate of drug-likeness (QED) is 0.718. The fourth-order valence-electron chi connectivity index (χ4n) is 3.76. The van der Waals surface area contributed by atoms with Crippen molar-refractivity contribution in [1.82, 2.24) is 14.8 Å². The molecule has 0 aliphatic carbocycles. The van der Waals surface area contributed by atoms with Crippen LogP contribution in [0.2, 0.25) is 0 Å². The number of carbonyl (C=O) groups excluding carboxylic acids is 1. The number of para-hydroxylation sites is 1. The van der Waals surface area contributed by atoms with Gasteiger partial charge in [0, 0.05) is 55.4 Å². The molecule has 1 aromatic heterocycles. The molecule has 4 heteroatoms. The Morgan fingerprint density at radius 3 is 2.58 bits per heavy atom. The Morgan fingerprint density at radius 2 is 1.77 bits per heavy atom. The Morgan fingerprint density at radius 1 is 1.00 bits per heavy atom. The van der Waals surface area contributed by atoms with Gasteiger partial charge in [-0.25, -0.2) is 0 Å². The van der Waals surface area contributed by atoms with Crippen molar-refractivity contribution < 1.29 is 4.79 Å². The van der Waals surface area contributed by atoms with Crippen LogP contribution in [0, 0.1) is 6.92 Å². The number of benzene rings is 2. The van der Waals surface area contributed by atoms with Gasteiger partial charge in [0.05, 0.1) is 6.54 Å². The number of fused-ring (bicyclic) bond motifs is 1. The number of aromatic amines is 1. The first-order valence-electron chi connectivity index (χ1n) is 9.28. The molecule has 4 rings (SSSR count). The van der Waals surface area contributed by atoms with Crippen LogP contribution in [0.15, 0.2) is 54.7 Å². The molecule has 1 aliphatic heterocycles. The minimum atomic E-state index is 0.203. The number of nitrogens with zero attached hydrogens (tertiary/aromatic N) is 2. The smallest absolute Gasteiger partial charge is 0.178 e. The minimum absolute atomic E-state index is 0.203. The normalized spacial score (nSPS) is 16.2. The van der Waals surface area contributed by atoms with Crippen LogP contribution in [-0.2, 0) is 6.54 Å². The number of ketones is 1. The Balaban J connectivity index is 1.33. The molecule has 134 valence electrons. The van der Waals surface area contributed by atoms with Crippen LogP contribution in [0.5, 0.6) is 0 Å². The standard InChI is InChI=1S/C22H25N3O/c1-17-5-4-6-18(13-17)15-24-9-11-25(12-10-24)16-22(26)20-14-23-21-8-3-2-7-19(20)21/h2-8,13-14,23H,9-12,15-16H2,1H3. The summed E-state index contributed by atoms with van der Waals surface area (Å²) in [5.74, 6) is 0.203. The van der Waals surface area contributed by atoms with Crippen LogP contribution in [0.4, 0.5) is 0 Å². The van der Waals surface area contributed by atoms with Gasteiger partial charge in [-0.2, -0.15) is 0 Å². The van der Waals surface area contributed by atoms with Crippen molar-refractivity contribution in [3.8, 4) is 0 Å². The zero-order valence-corrected chi connectivity index (χ0v) is 15.2. The van der Waals surface area contributed by atoms with E-state index in [4.69, 9.17) is 0 Å². The van der Waals surface area contributed by atoms with Crippen molar-refractivity contribution in [2.45, 2.75) is 13.5 Å². The second-order valence-corrected chi connectivity index (χ2v) is 7.21. The molecule has 1 aliphatic rings. The molecule has 1 saturated heterocycles. The summed E-state index contributed by atoms with van der Waals surface area (Å²) in [6.45, 7) is 7.54. The number of carbonyl (C=O) groups is 1. The van der Waals surface area contributed by atoms with Gasteiger partial charge in [-0.05, 0) is 18.6 Å². The molecule has 2 heterocycles. The Hall–Kier alpha value is -2.43. The predicted molar refractivity (Wildman–Crippen MR) is 106 cm³/mol. The van der Waals surface area contributed by atoms with Gasteiger partial charge in [-0.15, -0.1) is 0 Å². The van der Waals surface area contributed by atoms with Gasteiger partial charge in [-0.3, -0.25) is 14.6 Å². The fraction of sp³-hybridized carbons (Fsp3) is 0.318. The van der Waals surface area contributed by atoms with Crippen LogP contribution in [0.3, 0.4) is 0 Å². The van der Waals surface area contributed by atoms with Gasteiger partial charge in [0.25, 0.3) is 0 Å². The number of piperazine rings is 1. The number of Topliss-reactive ketones (excluding diaryl/α,β-unsaturated/α-hetero) is 1. The van der Waals surface area contributed by atoms with E-state index in [1.807, 2.05) is 30.5 Å². The van der Waals surface area contributed by atoms with E-state index in [-0.39, 0.29) is 5.78 Å². The summed E-state index contributed by atoms with van der Waals surface area (Å²) in [5.41, 5.74) is 4.51. The van der Waals surface area contributed by atoms with E-state index in [2.05, 4.69) is 46.0 Å². The number of aromatic nitrogens is 1. The highest BCUT2D eigenvalue weighted by Gasteiger charge is 2.21. The van der Waals surface area contributed by atoms with E-state index in [0.29, 0.717) is 6.54 Å². The van der Waals surface area contributed by atoms with Crippen molar-refractivity contribution >= 4 is 16.7 Å². The highest BCUT2D eigenvalue weighted by molar-refractivity contribution is 6.08. The second kappa shape index (κ2) is 7.44. The van der Waals surface area contributed by atoms with Crippen LogP contribution in [0.25, 0.3) is 10.9 Å². The van der Waals surface area contributed by atoms with Gasteiger partial charge in [0.15, 0.2) is 5.78 Å². The van der Waals surface area contributed by atoms with Gasteiger partial charge < -0.3 is 4.98 Å². The van der Waals surface area contributed by atoms with Crippen LogP contribution in [0.1, 0.15) is 21.5 Å². The highest BCUT2D eigenvalue weighted by Crippen LogP contribution is 2.19. The van der Waals surface area contributed by atoms with Gasteiger partial charge >= 0.3 is 0 Å². The summed E-state index contributed by atoms with van der Waals surface area (Å²) in [6.07, 6.45) is 1.85. The lowest BCUT2D eigenvalue weighted by Crippen LogP contribution is -2.47. The zero-order valence-electron chi connectivity index (χ0n) is 15.2. The molecule has 0 bridgehead atoms. The Bertz CT molecular complexity index is 906. The van der Waals surface area contributed by atoms with Crippen molar-refractivity contribution in [2.75, 3.05) is 32.7 Å². The summed E-state index contributed by atoms with van der Waals surface area (Å²) < 4.78 is 0. The van der Waals surface area contributed by atoms with Crippen LogP contribution >= 0.6 is 0 Å². The van der Waals surface area contributed by atoms with Crippen LogP contribution < -0.4 is 0 Å². The molecule has 0 unspecified atom stereocenters. The summed E-state index contributed by atoms with van der Waals surface area (Å²) >= 11 is 0. The summed E-state index contributed by atoms with van der Waals surface area (Å²) in [4.78, 5) is 20.7. The van der Waals surface area contributed by atoms with Crippen molar-refractivity contribution in [1.29, 1.82) is 0 Å². The molecule has 3 aromatic rings. The maximum Gasteiger partial charge on any atom is 0.178 e. The number of rotatable bonds is 5. The third-order valence-electron chi connectivity index (χ3n) is 5.21. The Kier molecular flexibility index (Phi) is 4.87. The number of hydrogen-bond acceptors (Lipinski definition) is 3. The molecule has 1 fully saturated rings. The first-order valence-corrected chi connectivity index (χ1v) is 9.28. The fourth-order valence-corrected chi connectivity index (χ4v) is 3.76. The van der Waals surface area contributed by atoms with E-state index < -0.39 is 0 Å². The maximum absolute atomic E-state index is 12.7. The van der Waals surface area contributed by atoms with Gasteiger partial charge in [0.1, 0.15) is 0 Å². The van der Waals surface area contributed by atoms with Gasteiger partial charge in [-0.1, -0.05) is 48.0 Å². The van der Waals surface area contributed by atoms with Gasteiger partial charge in [0.2, 0.25) is 0 Å². The first kappa shape index (κ1) is 17.0. The lowest BCUT2D eigenvalue weighted by Gasteiger charge is -2.34. The molecule has 4 nitrogen and oxygen atoms in total. The molecule has 0 spiro atoms. The van der Waals surface area contributed by atoms with E-state index >= 15 is 0 Å². The summed E-state index contributed by atoms with van der Waals surface area (Å²) in [6, 6.07) is 16.7. The maximum atomic E-state index is 12.7. The molecule has 0 atom stereocenters.